The Morgan fingerprint density at radius 3 is 2.79 bits per heavy atom. The minimum atomic E-state index is -1.19. The van der Waals surface area contributed by atoms with E-state index < -0.39 is 24.5 Å². The lowest BCUT2D eigenvalue weighted by atomic mass is 10.1. The molecular formula is C18H22ClN5O4S. The highest BCUT2D eigenvalue weighted by atomic mass is 35.5. The summed E-state index contributed by atoms with van der Waals surface area (Å²) in [4.78, 5) is 14.1. The molecule has 4 N–H and O–H groups in total. The van der Waals surface area contributed by atoms with Crippen molar-refractivity contribution in [3.63, 3.8) is 0 Å². The number of aromatic nitrogens is 4. The van der Waals surface area contributed by atoms with Crippen molar-refractivity contribution in [2.45, 2.75) is 43.8 Å². The van der Waals surface area contributed by atoms with E-state index in [4.69, 9.17) is 16.3 Å². The van der Waals surface area contributed by atoms with Gasteiger partial charge in [0, 0.05) is 11.4 Å². The van der Waals surface area contributed by atoms with Crippen LogP contribution < -0.4 is 5.32 Å². The molecular weight excluding hydrogens is 418 g/mol. The number of unbranched alkanes of at least 4 members (excludes halogenated alkanes) is 1. The van der Waals surface area contributed by atoms with Gasteiger partial charge in [-0.1, -0.05) is 11.6 Å². The fourth-order valence-electron chi connectivity index (χ4n) is 3.40. The predicted octanol–water partition coefficient (Wildman–Crippen LogP) is 1.59. The Balaban J connectivity index is 1.40. The number of hydrogen-bond acceptors (Lipinski definition) is 9. The lowest BCUT2D eigenvalue weighted by Gasteiger charge is -2.16. The summed E-state index contributed by atoms with van der Waals surface area (Å²) in [5.41, 5.74) is 1.02. The van der Waals surface area contributed by atoms with Gasteiger partial charge in [-0.3, -0.25) is 4.57 Å². The number of ether oxygens (including phenoxy) is 1. The Morgan fingerprint density at radius 1 is 1.21 bits per heavy atom. The number of halogens is 1. The predicted molar refractivity (Wildman–Crippen MR) is 109 cm³/mol. The average Bonchev–Trinajstić information content (AvgIpc) is 3.41. The number of thiophene rings is 1. The number of aliphatic hydroxyl groups is 3. The molecule has 29 heavy (non-hydrogen) atoms. The highest BCUT2D eigenvalue weighted by molar-refractivity contribution is 7.10. The van der Waals surface area contributed by atoms with E-state index >= 15 is 0 Å². The van der Waals surface area contributed by atoms with Crippen molar-refractivity contribution >= 4 is 39.9 Å². The molecule has 1 saturated heterocycles. The van der Waals surface area contributed by atoms with E-state index in [0.29, 0.717) is 17.0 Å². The van der Waals surface area contributed by atoms with Gasteiger partial charge < -0.3 is 25.4 Å². The molecule has 1 aliphatic heterocycles. The summed E-state index contributed by atoms with van der Waals surface area (Å²) in [6, 6.07) is 1.92. The summed E-state index contributed by atoms with van der Waals surface area (Å²) < 4.78 is 7.11. The number of anilines is 1. The van der Waals surface area contributed by atoms with Crippen LogP contribution in [0.4, 0.5) is 5.82 Å². The maximum atomic E-state index is 10.3. The van der Waals surface area contributed by atoms with Crippen LogP contribution in [0, 0.1) is 0 Å². The normalized spacial score (nSPS) is 24.4. The van der Waals surface area contributed by atoms with Crippen LogP contribution >= 0.6 is 22.9 Å². The van der Waals surface area contributed by atoms with E-state index in [1.165, 1.54) is 17.5 Å². The SMILES string of the molecule is OCC1O[C@@H](n2cnc3c(NCCCCc4sccc4Cl)ncnc32)[C@H](O)[C@@H]1O. The van der Waals surface area contributed by atoms with Gasteiger partial charge in [0.05, 0.1) is 18.0 Å². The molecule has 1 fully saturated rings. The molecule has 11 heteroatoms. The van der Waals surface area contributed by atoms with Gasteiger partial charge in [0.15, 0.2) is 23.2 Å². The van der Waals surface area contributed by atoms with Gasteiger partial charge in [0.25, 0.3) is 0 Å². The molecule has 0 amide bonds. The number of fused-ring (bicyclic) bond motifs is 1. The standard InChI is InChI=1S/C18H22ClN5O4S/c19-10-4-6-29-12(10)3-1-2-5-20-16-13-17(22-8-21-16)24(9-23-13)18-15(27)14(26)11(7-25)28-18/h4,6,8-9,11,14-15,18,25-27H,1-3,5,7H2,(H,20,21,22)/t11?,14-,15-,18-/m1/s1. The van der Waals surface area contributed by atoms with Gasteiger partial charge in [-0.05, 0) is 30.7 Å². The van der Waals surface area contributed by atoms with Crippen molar-refractivity contribution in [3.8, 4) is 0 Å². The van der Waals surface area contributed by atoms with E-state index in [9.17, 15) is 15.3 Å². The number of hydrogen-bond donors (Lipinski definition) is 4. The van der Waals surface area contributed by atoms with Crippen LogP contribution in [0.5, 0.6) is 0 Å². The zero-order chi connectivity index (χ0) is 20.4. The van der Waals surface area contributed by atoms with Crippen LogP contribution in [-0.4, -0.2) is 66.3 Å². The highest BCUT2D eigenvalue weighted by Crippen LogP contribution is 2.32. The van der Waals surface area contributed by atoms with Gasteiger partial charge in [-0.15, -0.1) is 11.3 Å². The lowest BCUT2D eigenvalue weighted by Crippen LogP contribution is -2.33. The monoisotopic (exact) mass is 439 g/mol. The molecule has 0 bridgehead atoms. The van der Waals surface area contributed by atoms with Crippen LogP contribution in [0.25, 0.3) is 11.2 Å². The van der Waals surface area contributed by atoms with E-state index in [0.717, 1.165) is 30.8 Å². The molecule has 0 saturated carbocycles. The van der Waals surface area contributed by atoms with Crippen LogP contribution in [0.15, 0.2) is 24.1 Å². The lowest BCUT2D eigenvalue weighted by molar-refractivity contribution is -0.0511. The van der Waals surface area contributed by atoms with Gasteiger partial charge in [-0.25, -0.2) is 15.0 Å². The third-order valence-electron chi connectivity index (χ3n) is 4.96. The summed E-state index contributed by atoms with van der Waals surface area (Å²) in [6.07, 6.45) is 1.66. The zero-order valence-corrected chi connectivity index (χ0v) is 17.1. The fraction of sp³-hybridized carbons (Fsp3) is 0.500. The average molecular weight is 440 g/mol. The zero-order valence-electron chi connectivity index (χ0n) is 15.5. The first-order valence-corrected chi connectivity index (χ1v) is 10.6. The maximum absolute atomic E-state index is 10.3. The summed E-state index contributed by atoms with van der Waals surface area (Å²) in [6.45, 7) is 0.329. The van der Waals surface area contributed by atoms with Crippen molar-refractivity contribution in [2.75, 3.05) is 18.5 Å². The molecule has 1 aliphatic rings. The number of nitrogens with one attached hydrogen (secondary N) is 1. The summed E-state index contributed by atoms with van der Waals surface area (Å²) in [5, 5.41) is 35.6. The Hall–Kier alpha value is -1.82. The van der Waals surface area contributed by atoms with Gasteiger partial charge >= 0.3 is 0 Å². The van der Waals surface area contributed by atoms with Crippen LogP contribution in [0.2, 0.25) is 5.02 Å². The summed E-state index contributed by atoms with van der Waals surface area (Å²) in [7, 11) is 0. The molecule has 3 aromatic rings. The van der Waals surface area contributed by atoms with Crippen molar-refractivity contribution in [1.29, 1.82) is 0 Å². The molecule has 4 rings (SSSR count). The maximum Gasteiger partial charge on any atom is 0.167 e. The van der Waals surface area contributed by atoms with Crippen molar-refractivity contribution < 1.29 is 20.1 Å². The third kappa shape index (κ3) is 4.09. The van der Waals surface area contributed by atoms with Gasteiger partial charge in [0.1, 0.15) is 24.6 Å². The molecule has 156 valence electrons. The largest absolute Gasteiger partial charge is 0.394 e. The van der Waals surface area contributed by atoms with E-state index in [-0.39, 0.29) is 6.61 Å². The van der Waals surface area contributed by atoms with E-state index in [1.54, 1.807) is 15.9 Å². The molecule has 0 radical (unpaired) electrons. The first-order chi connectivity index (χ1) is 14.1. The molecule has 9 nitrogen and oxygen atoms in total. The second-order valence-electron chi connectivity index (χ2n) is 6.85. The molecule has 4 heterocycles. The molecule has 0 spiro atoms. The molecule has 3 aromatic heterocycles. The number of aliphatic hydroxyl groups excluding tert-OH is 3. The van der Waals surface area contributed by atoms with Crippen LogP contribution in [-0.2, 0) is 11.2 Å². The fourth-order valence-corrected chi connectivity index (χ4v) is 4.58. The molecule has 0 aliphatic carbocycles. The minimum Gasteiger partial charge on any atom is -0.394 e. The molecule has 1 unspecified atom stereocenters. The molecule has 0 aromatic carbocycles. The van der Waals surface area contributed by atoms with Crippen molar-refractivity contribution in [1.82, 2.24) is 19.5 Å². The smallest absolute Gasteiger partial charge is 0.167 e. The number of rotatable bonds is 8. The second kappa shape index (κ2) is 8.90. The third-order valence-corrected chi connectivity index (χ3v) is 6.41. The van der Waals surface area contributed by atoms with Crippen LogP contribution in [0.3, 0.4) is 0 Å². The van der Waals surface area contributed by atoms with Gasteiger partial charge in [0.2, 0.25) is 0 Å². The molecule has 4 atom stereocenters. The Bertz CT molecular complexity index is 967. The quantitative estimate of drug-likeness (QED) is 0.390. The highest BCUT2D eigenvalue weighted by Gasteiger charge is 2.44. The van der Waals surface area contributed by atoms with E-state index in [1.807, 2.05) is 11.4 Å². The number of imidazole rings is 1. The summed E-state index contributed by atoms with van der Waals surface area (Å²) >= 11 is 7.79. The summed E-state index contributed by atoms with van der Waals surface area (Å²) in [5.74, 6) is 0.592. The number of nitrogens with zero attached hydrogens (tertiary/aromatic N) is 4. The van der Waals surface area contributed by atoms with Crippen molar-refractivity contribution in [3.05, 3.63) is 34.0 Å². The van der Waals surface area contributed by atoms with Gasteiger partial charge in [-0.2, -0.15) is 0 Å². The van der Waals surface area contributed by atoms with E-state index in [2.05, 4.69) is 20.3 Å². The van der Waals surface area contributed by atoms with Crippen molar-refractivity contribution in [2.24, 2.45) is 0 Å². The van der Waals surface area contributed by atoms with Crippen LogP contribution in [0.1, 0.15) is 23.9 Å². The Morgan fingerprint density at radius 2 is 2.07 bits per heavy atom. The minimum absolute atomic E-state index is 0.389. The Labute approximate surface area is 176 Å². The first kappa shape index (κ1) is 20.5. The Kier molecular flexibility index (Phi) is 6.28. The first-order valence-electron chi connectivity index (χ1n) is 9.36. The second-order valence-corrected chi connectivity index (χ2v) is 8.26. The topological polar surface area (TPSA) is 126 Å². The number of aryl methyl sites for hydroxylation is 1.